The summed E-state index contributed by atoms with van der Waals surface area (Å²) in [6.45, 7) is -2.94. The van der Waals surface area contributed by atoms with Gasteiger partial charge in [-0.3, -0.25) is 0 Å². The fourth-order valence-corrected chi connectivity index (χ4v) is 3.31. The SMILES string of the molecule is OC(c1cc(Cl)c(Br)s1)c1ccccc1OC(F)F. The molecule has 0 aliphatic rings. The van der Waals surface area contributed by atoms with Gasteiger partial charge in [0.1, 0.15) is 11.9 Å². The molecule has 0 saturated carbocycles. The van der Waals surface area contributed by atoms with Crippen molar-refractivity contribution in [1.82, 2.24) is 0 Å². The molecule has 19 heavy (non-hydrogen) atoms. The molecule has 2 aromatic rings. The van der Waals surface area contributed by atoms with Crippen LogP contribution in [0.1, 0.15) is 16.5 Å². The van der Waals surface area contributed by atoms with Crippen LogP contribution in [-0.2, 0) is 0 Å². The number of rotatable bonds is 4. The number of benzene rings is 1. The van der Waals surface area contributed by atoms with Gasteiger partial charge in [-0.15, -0.1) is 11.3 Å². The van der Waals surface area contributed by atoms with Crippen molar-refractivity contribution in [3.8, 4) is 5.75 Å². The number of aliphatic hydroxyl groups excluding tert-OH is 1. The lowest BCUT2D eigenvalue weighted by Crippen LogP contribution is -2.07. The molecule has 0 bridgehead atoms. The Morgan fingerprint density at radius 2 is 2.00 bits per heavy atom. The molecular formula is C12H8BrClF2O2S. The lowest BCUT2D eigenvalue weighted by atomic mass is 10.1. The van der Waals surface area contributed by atoms with E-state index in [4.69, 9.17) is 11.6 Å². The van der Waals surface area contributed by atoms with E-state index in [1.165, 1.54) is 23.5 Å². The molecule has 2 nitrogen and oxygen atoms in total. The monoisotopic (exact) mass is 368 g/mol. The van der Waals surface area contributed by atoms with E-state index in [0.29, 0.717) is 13.7 Å². The van der Waals surface area contributed by atoms with Crippen molar-refractivity contribution < 1.29 is 18.6 Å². The highest BCUT2D eigenvalue weighted by Gasteiger charge is 2.20. The van der Waals surface area contributed by atoms with Gasteiger partial charge in [-0.2, -0.15) is 8.78 Å². The third-order valence-corrected chi connectivity index (χ3v) is 4.89. The van der Waals surface area contributed by atoms with Gasteiger partial charge >= 0.3 is 6.61 Å². The summed E-state index contributed by atoms with van der Waals surface area (Å²) < 4.78 is 29.7. The first-order valence-electron chi connectivity index (χ1n) is 5.15. The molecule has 0 amide bonds. The molecule has 1 heterocycles. The van der Waals surface area contributed by atoms with Crippen LogP contribution in [0.5, 0.6) is 5.75 Å². The average Bonchev–Trinajstić information content (AvgIpc) is 2.69. The lowest BCUT2D eigenvalue weighted by Gasteiger charge is -2.14. The third kappa shape index (κ3) is 3.45. The number of thiophene rings is 1. The molecule has 0 spiro atoms. The van der Waals surface area contributed by atoms with Crippen LogP contribution in [0, 0.1) is 0 Å². The van der Waals surface area contributed by atoms with Crippen LogP contribution in [-0.4, -0.2) is 11.7 Å². The van der Waals surface area contributed by atoms with Gasteiger partial charge in [0, 0.05) is 10.4 Å². The van der Waals surface area contributed by atoms with Crippen LogP contribution >= 0.6 is 38.9 Å². The second-order valence-corrected chi connectivity index (χ2v) is 6.40. The molecule has 102 valence electrons. The number of hydrogen-bond donors (Lipinski definition) is 1. The van der Waals surface area contributed by atoms with Crippen LogP contribution in [0.3, 0.4) is 0 Å². The molecule has 1 N–H and O–H groups in total. The molecule has 1 aromatic heterocycles. The third-order valence-electron chi connectivity index (χ3n) is 2.36. The Morgan fingerprint density at radius 3 is 2.58 bits per heavy atom. The maximum atomic E-state index is 12.3. The van der Waals surface area contributed by atoms with Crippen molar-refractivity contribution in [2.75, 3.05) is 0 Å². The van der Waals surface area contributed by atoms with Crippen molar-refractivity contribution in [2.45, 2.75) is 12.7 Å². The Balaban J connectivity index is 2.35. The van der Waals surface area contributed by atoms with Crippen LogP contribution in [0.2, 0.25) is 5.02 Å². The van der Waals surface area contributed by atoms with Gasteiger partial charge in [-0.25, -0.2) is 0 Å². The minimum absolute atomic E-state index is 0.0503. The minimum atomic E-state index is -2.94. The second-order valence-electron chi connectivity index (χ2n) is 3.59. The summed E-state index contributed by atoms with van der Waals surface area (Å²) in [5.74, 6) is -0.0503. The standard InChI is InChI=1S/C12H8BrClF2O2S/c13-11-7(14)5-9(19-11)10(17)6-3-1-2-4-8(6)18-12(15)16/h1-5,10,12,17H. The van der Waals surface area contributed by atoms with Crippen molar-refractivity contribution in [3.63, 3.8) is 0 Å². The Kier molecular flexibility index (Phi) is 4.78. The molecule has 0 radical (unpaired) electrons. The van der Waals surface area contributed by atoms with E-state index in [0.717, 1.165) is 0 Å². The number of alkyl halides is 2. The Morgan fingerprint density at radius 1 is 1.32 bits per heavy atom. The van der Waals surface area contributed by atoms with E-state index >= 15 is 0 Å². The van der Waals surface area contributed by atoms with Crippen molar-refractivity contribution >= 4 is 38.9 Å². The quantitative estimate of drug-likeness (QED) is 0.835. The fraction of sp³-hybridized carbons (Fsp3) is 0.167. The van der Waals surface area contributed by atoms with E-state index in [2.05, 4.69) is 20.7 Å². The molecule has 1 aromatic carbocycles. The number of halogens is 4. The molecule has 1 atom stereocenters. The van der Waals surface area contributed by atoms with Crippen molar-refractivity contribution in [3.05, 3.63) is 49.6 Å². The zero-order chi connectivity index (χ0) is 14.0. The summed E-state index contributed by atoms with van der Waals surface area (Å²) in [6, 6.07) is 7.70. The Bertz CT molecular complexity index is 557. The maximum absolute atomic E-state index is 12.3. The molecule has 2 rings (SSSR count). The zero-order valence-corrected chi connectivity index (χ0v) is 12.5. The smallest absolute Gasteiger partial charge is 0.387 e. The van der Waals surface area contributed by atoms with Gasteiger partial charge in [0.25, 0.3) is 0 Å². The lowest BCUT2D eigenvalue weighted by molar-refractivity contribution is -0.0512. The first-order valence-corrected chi connectivity index (χ1v) is 7.14. The number of aliphatic hydroxyl groups is 1. The van der Waals surface area contributed by atoms with Gasteiger partial charge in [0.2, 0.25) is 0 Å². The average molecular weight is 370 g/mol. The van der Waals surface area contributed by atoms with Gasteiger partial charge in [-0.1, -0.05) is 29.8 Å². The summed E-state index contributed by atoms with van der Waals surface area (Å²) in [6.07, 6.45) is -1.07. The Hall–Kier alpha value is -0.690. The maximum Gasteiger partial charge on any atom is 0.387 e. The number of ether oxygens (including phenoxy) is 1. The normalized spacial score (nSPS) is 12.7. The van der Waals surface area contributed by atoms with E-state index in [1.807, 2.05) is 0 Å². The molecule has 1 unspecified atom stereocenters. The van der Waals surface area contributed by atoms with Gasteiger partial charge in [-0.05, 0) is 28.1 Å². The molecule has 7 heteroatoms. The highest BCUT2D eigenvalue weighted by Crippen LogP contribution is 2.39. The van der Waals surface area contributed by atoms with Gasteiger partial charge in [0.15, 0.2) is 0 Å². The minimum Gasteiger partial charge on any atom is -0.434 e. The fourth-order valence-electron chi connectivity index (χ4n) is 1.56. The van der Waals surface area contributed by atoms with Crippen LogP contribution in [0.4, 0.5) is 8.78 Å². The van der Waals surface area contributed by atoms with E-state index in [9.17, 15) is 13.9 Å². The van der Waals surface area contributed by atoms with Crippen LogP contribution < -0.4 is 4.74 Å². The first kappa shape index (κ1) is 14.7. The highest BCUT2D eigenvalue weighted by molar-refractivity contribution is 9.11. The largest absolute Gasteiger partial charge is 0.434 e. The molecular weight excluding hydrogens is 362 g/mol. The van der Waals surface area contributed by atoms with Crippen molar-refractivity contribution in [2.24, 2.45) is 0 Å². The topological polar surface area (TPSA) is 29.5 Å². The predicted molar refractivity (Wildman–Crippen MR) is 74.2 cm³/mol. The summed E-state index contributed by atoms with van der Waals surface area (Å²) in [5, 5.41) is 10.7. The van der Waals surface area contributed by atoms with Crippen molar-refractivity contribution in [1.29, 1.82) is 0 Å². The number of para-hydroxylation sites is 1. The first-order chi connectivity index (χ1) is 8.99. The molecule has 0 aliphatic heterocycles. The van der Waals surface area contributed by atoms with E-state index in [1.54, 1.807) is 18.2 Å². The summed E-state index contributed by atoms with van der Waals surface area (Å²) in [5.41, 5.74) is 0.271. The zero-order valence-electron chi connectivity index (χ0n) is 9.32. The Labute approximate surface area is 125 Å². The summed E-state index contributed by atoms with van der Waals surface area (Å²) >= 11 is 10.4. The van der Waals surface area contributed by atoms with Crippen LogP contribution in [0.15, 0.2) is 34.1 Å². The van der Waals surface area contributed by atoms with Crippen LogP contribution in [0.25, 0.3) is 0 Å². The van der Waals surface area contributed by atoms with Gasteiger partial charge in [0.05, 0.1) is 8.81 Å². The van der Waals surface area contributed by atoms with E-state index in [-0.39, 0.29) is 11.3 Å². The second kappa shape index (κ2) is 6.17. The molecule has 0 fully saturated rings. The van der Waals surface area contributed by atoms with E-state index < -0.39 is 12.7 Å². The van der Waals surface area contributed by atoms with Gasteiger partial charge < -0.3 is 9.84 Å². The predicted octanol–water partition coefficient (Wildman–Crippen LogP) is 4.85. The summed E-state index contributed by atoms with van der Waals surface area (Å²) in [7, 11) is 0. The highest BCUT2D eigenvalue weighted by atomic mass is 79.9. The molecule has 0 saturated heterocycles. The molecule has 0 aliphatic carbocycles. The summed E-state index contributed by atoms with van der Waals surface area (Å²) in [4.78, 5) is 0.544. The number of hydrogen-bond acceptors (Lipinski definition) is 3.